The van der Waals surface area contributed by atoms with E-state index in [1.165, 1.54) is 0 Å². The maximum Gasteiger partial charge on any atom is 0.223 e. The van der Waals surface area contributed by atoms with Gasteiger partial charge in [-0.3, -0.25) is 4.79 Å². The van der Waals surface area contributed by atoms with Crippen LogP contribution < -0.4 is 5.32 Å². The van der Waals surface area contributed by atoms with Crippen LogP contribution in [0, 0.1) is 0 Å². The molecule has 0 spiro atoms. The molecule has 0 heterocycles. The van der Waals surface area contributed by atoms with Crippen LogP contribution in [-0.2, 0) is 4.79 Å². The molecule has 4 heteroatoms. The maximum atomic E-state index is 11.5. The lowest BCUT2D eigenvalue weighted by atomic mass is 10.0. The van der Waals surface area contributed by atoms with Crippen LogP contribution in [0.2, 0.25) is 0 Å². The van der Waals surface area contributed by atoms with Crippen molar-refractivity contribution >= 4 is 5.91 Å². The molecule has 16 heavy (non-hydrogen) atoms. The predicted octanol–water partition coefficient (Wildman–Crippen LogP) is 0.748. The minimum atomic E-state index is -0.532. The Labute approximate surface area is 98.0 Å². The molecule has 2 N–H and O–H groups in total. The van der Waals surface area contributed by atoms with E-state index in [4.69, 9.17) is 0 Å². The Morgan fingerprint density at radius 3 is 2.50 bits per heavy atom. The second-order valence-corrected chi connectivity index (χ2v) is 5.21. The third kappa shape index (κ3) is 4.10. The molecular weight excluding hydrogens is 204 g/mol. The first-order valence-corrected chi connectivity index (χ1v) is 6.09. The van der Waals surface area contributed by atoms with Crippen LogP contribution >= 0.6 is 0 Å². The Kier molecular flexibility index (Phi) is 4.74. The zero-order chi connectivity index (χ0) is 12.2. The molecule has 0 saturated heterocycles. The van der Waals surface area contributed by atoms with Gasteiger partial charge >= 0.3 is 0 Å². The zero-order valence-corrected chi connectivity index (χ0v) is 10.6. The van der Waals surface area contributed by atoms with Crippen LogP contribution in [0.1, 0.15) is 39.0 Å². The van der Waals surface area contributed by atoms with Crippen molar-refractivity contribution in [3.63, 3.8) is 0 Å². The van der Waals surface area contributed by atoms with E-state index < -0.39 is 5.60 Å². The highest BCUT2D eigenvalue weighted by Gasteiger charge is 2.31. The summed E-state index contributed by atoms with van der Waals surface area (Å²) in [5.74, 6) is 0.124. The normalized spacial score (nSPS) is 20.8. The number of aliphatic hydroxyl groups is 1. The van der Waals surface area contributed by atoms with Gasteiger partial charge in [-0.1, -0.05) is 12.8 Å². The quantitative estimate of drug-likeness (QED) is 0.730. The van der Waals surface area contributed by atoms with Crippen molar-refractivity contribution in [1.82, 2.24) is 10.2 Å². The van der Waals surface area contributed by atoms with E-state index in [1.54, 1.807) is 19.0 Å². The van der Waals surface area contributed by atoms with Crippen molar-refractivity contribution in [1.29, 1.82) is 0 Å². The highest BCUT2D eigenvalue weighted by atomic mass is 16.3. The molecule has 1 aliphatic carbocycles. The van der Waals surface area contributed by atoms with Gasteiger partial charge in [0.1, 0.15) is 0 Å². The molecule has 4 nitrogen and oxygen atoms in total. The second-order valence-electron chi connectivity index (χ2n) is 5.21. The number of hydrogen-bond acceptors (Lipinski definition) is 3. The Balaban J connectivity index is 2.24. The van der Waals surface area contributed by atoms with E-state index in [1.807, 2.05) is 6.92 Å². The average molecular weight is 228 g/mol. The van der Waals surface area contributed by atoms with Gasteiger partial charge in [-0.2, -0.15) is 0 Å². The van der Waals surface area contributed by atoms with Crippen molar-refractivity contribution < 1.29 is 9.90 Å². The fraction of sp³-hybridized carbons (Fsp3) is 0.917. The molecule has 0 bridgehead atoms. The van der Waals surface area contributed by atoms with Gasteiger partial charge in [0.15, 0.2) is 0 Å². The minimum absolute atomic E-state index is 0.124. The van der Waals surface area contributed by atoms with E-state index in [0.717, 1.165) is 25.7 Å². The maximum absolute atomic E-state index is 11.5. The lowest BCUT2D eigenvalue weighted by Crippen LogP contribution is -2.43. The molecule has 1 fully saturated rings. The number of rotatable bonds is 5. The zero-order valence-electron chi connectivity index (χ0n) is 10.6. The van der Waals surface area contributed by atoms with Gasteiger partial charge in [-0.15, -0.1) is 0 Å². The summed E-state index contributed by atoms with van der Waals surface area (Å²) in [6.07, 6.45) is 4.48. The molecule has 1 saturated carbocycles. The summed E-state index contributed by atoms with van der Waals surface area (Å²) in [6.45, 7) is 2.59. The molecule has 1 aliphatic rings. The largest absolute Gasteiger partial charge is 0.389 e. The molecule has 1 rings (SSSR count). The van der Waals surface area contributed by atoms with Crippen molar-refractivity contribution in [2.24, 2.45) is 0 Å². The van der Waals surface area contributed by atoms with E-state index in [9.17, 15) is 9.90 Å². The molecule has 94 valence electrons. The Hall–Kier alpha value is -0.610. The summed E-state index contributed by atoms with van der Waals surface area (Å²) in [4.78, 5) is 13.1. The van der Waals surface area contributed by atoms with Crippen LogP contribution in [0.4, 0.5) is 0 Å². The summed E-state index contributed by atoms with van der Waals surface area (Å²) in [7, 11) is 3.53. The molecule has 1 atom stereocenters. The molecule has 1 unspecified atom stereocenters. The third-order valence-electron chi connectivity index (χ3n) is 3.29. The summed E-state index contributed by atoms with van der Waals surface area (Å²) < 4.78 is 0. The monoisotopic (exact) mass is 228 g/mol. The molecule has 0 aromatic heterocycles. The number of nitrogens with zero attached hydrogens (tertiary/aromatic N) is 1. The standard InChI is InChI=1S/C12H24N2O2/c1-10(8-11(15)14(2)3)13-9-12(16)6-4-5-7-12/h10,13,16H,4-9H2,1-3H3. The molecule has 1 amide bonds. The van der Waals surface area contributed by atoms with Gasteiger partial charge in [0, 0.05) is 33.1 Å². The fourth-order valence-corrected chi connectivity index (χ4v) is 2.09. The van der Waals surface area contributed by atoms with Gasteiger partial charge in [0.25, 0.3) is 0 Å². The Morgan fingerprint density at radius 1 is 1.44 bits per heavy atom. The average Bonchev–Trinajstić information content (AvgIpc) is 2.63. The van der Waals surface area contributed by atoms with E-state index >= 15 is 0 Å². The number of hydrogen-bond donors (Lipinski definition) is 2. The Morgan fingerprint density at radius 2 is 2.00 bits per heavy atom. The molecule has 0 aromatic carbocycles. The van der Waals surface area contributed by atoms with Crippen LogP contribution in [0.25, 0.3) is 0 Å². The summed E-state index contributed by atoms with van der Waals surface area (Å²) in [5.41, 5.74) is -0.532. The Bertz CT molecular complexity index is 235. The summed E-state index contributed by atoms with van der Waals surface area (Å²) in [5, 5.41) is 13.4. The number of nitrogens with one attached hydrogen (secondary N) is 1. The summed E-state index contributed by atoms with van der Waals surface area (Å²) in [6, 6.07) is 0.125. The number of amides is 1. The van der Waals surface area contributed by atoms with Gasteiger partial charge in [-0.05, 0) is 19.8 Å². The van der Waals surface area contributed by atoms with Crippen LogP contribution in [0.3, 0.4) is 0 Å². The van der Waals surface area contributed by atoms with Crippen molar-refractivity contribution in [3.8, 4) is 0 Å². The molecule has 0 radical (unpaired) electrons. The van der Waals surface area contributed by atoms with Crippen LogP contribution in [0.5, 0.6) is 0 Å². The van der Waals surface area contributed by atoms with Crippen molar-refractivity contribution in [2.75, 3.05) is 20.6 Å². The number of carbonyl (C=O) groups is 1. The minimum Gasteiger partial charge on any atom is -0.389 e. The molecular formula is C12H24N2O2. The van der Waals surface area contributed by atoms with Crippen LogP contribution in [-0.4, -0.2) is 48.2 Å². The van der Waals surface area contributed by atoms with Crippen molar-refractivity contribution in [2.45, 2.75) is 50.7 Å². The smallest absolute Gasteiger partial charge is 0.223 e. The van der Waals surface area contributed by atoms with Gasteiger partial charge < -0.3 is 15.3 Å². The highest BCUT2D eigenvalue weighted by molar-refractivity contribution is 5.76. The SMILES string of the molecule is CC(CC(=O)N(C)C)NCC1(O)CCCC1. The van der Waals surface area contributed by atoms with Crippen molar-refractivity contribution in [3.05, 3.63) is 0 Å². The first kappa shape index (κ1) is 13.5. The number of carbonyl (C=O) groups excluding carboxylic acids is 1. The summed E-state index contributed by atoms with van der Waals surface area (Å²) >= 11 is 0. The second kappa shape index (κ2) is 5.64. The van der Waals surface area contributed by atoms with E-state index in [2.05, 4.69) is 5.32 Å². The van der Waals surface area contributed by atoms with Gasteiger partial charge in [-0.25, -0.2) is 0 Å². The first-order chi connectivity index (χ1) is 7.43. The first-order valence-electron chi connectivity index (χ1n) is 6.09. The topological polar surface area (TPSA) is 52.6 Å². The lowest BCUT2D eigenvalue weighted by molar-refractivity contribution is -0.129. The van der Waals surface area contributed by atoms with E-state index in [-0.39, 0.29) is 11.9 Å². The van der Waals surface area contributed by atoms with Gasteiger partial charge in [0.05, 0.1) is 5.60 Å². The lowest BCUT2D eigenvalue weighted by Gasteiger charge is -2.25. The fourth-order valence-electron chi connectivity index (χ4n) is 2.09. The molecule has 0 aromatic rings. The van der Waals surface area contributed by atoms with E-state index in [0.29, 0.717) is 13.0 Å². The predicted molar refractivity (Wildman–Crippen MR) is 64.2 cm³/mol. The highest BCUT2D eigenvalue weighted by Crippen LogP contribution is 2.28. The van der Waals surface area contributed by atoms with Crippen LogP contribution in [0.15, 0.2) is 0 Å². The molecule has 0 aliphatic heterocycles. The third-order valence-corrected chi connectivity index (χ3v) is 3.29. The van der Waals surface area contributed by atoms with Gasteiger partial charge in [0.2, 0.25) is 5.91 Å².